The van der Waals surface area contributed by atoms with Crippen LogP contribution < -0.4 is 20.7 Å². The molecule has 1 saturated carbocycles. The first-order valence-electron chi connectivity index (χ1n) is 10.7. The van der Waals surface area contributed by atoms with Crippen LogP contribution in [0.25, 0.3) is 11.1 Å². The number of halogens is 1. The van der Waals surface area contributed by atoms with Gasteiger partial charge in [0, 0.05) is 35.8 Å². The van der Waals surface area contributed by atoms with Crippen LogP contribution in [0.5, 0.6) is 5.75 Å². The molecule has 2 amide bonds. The number of nitriles is 1. The maximum atomic E-state index is 12.9. The van der Waals surface area contributed by atoms with Gasteiger partial charge in [-0.1, -0.05) is 30.2 Å². The molecule has 1 aliphatic heterocycles. The second-order valence-electron chi connectivity index (χ2n) is 7.96. The Morgan fingerprint density at radius 2 is 2.19 bits per heavy atom. The molecule has 2 aromatic rings. The van der Waals surface area contributed by atoms with E-state index in [-0.39, 0.29) is 30.2 Å². The summed E-state index contributed by atoms with van der Waals surface area (Å²) in [6, 6.07) is 9.29. The Labute approximate surface area is 191 Å². The lowest BCUT2D eigenvalue weighted by Gasteiger charge is -2.28. The highest BCUT2D eigenvalue weighted by Gasteiger charge is 2.28. The van der Waals surface area contributed by atoms with Gasteiger partial charge in [-0.05, 0) is 31.4 Å². The number of nitrogens with one attached hydrogen (secondary N) is 3. The van der Waals surface area contributed by atoms with Crippen LogP contribution in [0.3, 0.4) is 0 Å². The number of hydrogen-bond acceptors (Lipinski definition) is 6. The van der Waals surface area contributed by atoms with Crippen LogP contribution in [-0.2, 0) is 9.59 Å². The van der Waals surface area contributed by atoms with E-state index in [0.29, 0.717) is 23.9 Å². The first kappa shape index (κ1) is 21.9. The number of para-hydroxylation sites is 1. The molecule has 1 fully saturated rings. The maximum absolute atomic E-state index is 12.9. The number of pyridine rings is 1. The minimum atomic E-state index is -0.300. The van der Waals surface area contributed by atoms with Crippen LogP contribution in [0.2, 0.25) is 5.02 Å². The third-order valence-electron chi connectivity index (χ3n) is 5.73. The summed E-state index contributed by atoms with van der Waals surface area (Å²) in [7, 11) is 0. The first-order valence-corrected chi connectivity index (χ1v) is 11.1. The lowest BCUT2D eigenvalue weighted by molar-refractivity contribution is -0.124. The number of anilines is 2. The molecule has 2 heterocycles. The van der Waals surface area contributed by atoms with Crippen molar-refractivity contribution in [3.8, 4) is 22.9 Å². The number of amides is 2. The van der Waals surface area contributed by atoms with Crippen LogP contribution >= 0.6 is 11.6 Å². The van der Waals surface area contributed by atoms with Crippen LogP contribution in [0, 0.1) is 17.2 Å². The zero-order chi connectivity index (χ0) is 22.5. The molecule has 4 rings (SSSR count). The van der Waals surface area contributed by atoms with E-state index in [0.717, 1.165) is 48.4 Å². The van der Waals surface area contributed by atoms with E-state index in [1.165, 1.54) is 6.20 Å². The van der Waals surface area contributed by atoms with E-state index in [9.17, 15) is 9.59 Å². The van der Waals surface area contributed by atoms with Gasteiger partial charge < -0.3 is 20.7 Å². The fourth-order valence-corrected chi connectivity index (χ4v) is 4.44. The predicted octanol–water partition coefficient (Wildman–Crippen LogP) is 3.73. The van der Waals surface area contributed by atoms with E-state index in [1.807, 2.05) is 24.3 Å². The van der Waals surface area contributed by atoms with Crippen molar-refractivity contribution < 1.29 is 14.3 Å². The summed E-state index contributed by atoms with van der Waals surface area (Å²) >= 11 is 6.44. The number of carbonyl (C=O) groups excluding carboxylic acids is 2. The van der Waals surface area contributed by atoms with Crippen molar-refractivity contribution in [2.24, 2.45) is 5.92 Å². The molecule has 9 heteroatoms. The number of benzene rings is 1. The Kier molecular flexibility index (Phi) is 6.76. The highest BCUT2D eigenvalue weighted by atomic mass is 35.5. The SMILES string of the molecule is N#CCC(=O)NC1CCCC(C(=O)Nc2cc(-c3cccc4c3OCCN4)c(Cl)cn2)C1. The smallest absolute Gasteiger partial charge is 0.234 e. The van der Waals surface area contributed by atoms with Crippen molar-refractivity contribution in [3.63, 3.8) is 0 Å². The zero-order valence-electron chi connectivity index (χ0n) is 17.5. The fourth-order valence-electron chi connectivity index (χ4n) is 4.23. The Morgan fingerprint density at radius 3 is 3.03 bits per heavy atom. The number of ether oxygens (including phenoxy) is 1. The van der Waals surface area contributed by atoms with E-state index >= 15 is 0 Å². The molecular formula is C23H24ClN5O3. The van der Waals surface area contributed by atoms with Crippen molar-refractivity contribution in [3.05, 3.63) is 35.5 Å². The van der Waals surface area contributed by atoms with Crippen LogP contribution in [0.4, 0.5) is 11.5 Å². The summed E-state index contributed by atoms with van der Waals surface area (Å²) in [6.07, 6.45) is 4.26. The maximum Gasteiger partial charge on any atom is 0.234 e. The van der Waals surface area contributed by atoms with Crippen molar-refractivity contribution in [2.45, 2.75) is 38.1 Å². The lowest BCUT2D eigenvalue weighted by Crippen LogP contribution is -2.40. The number of nitrogens with zero attached hydrogens (tertiary/aromatic N) is 2. The van der Waals surface area contributed by atoms with Gasteiger partial charge in [-0.2, -0.15) is 5.26 Å². The summed E-state index contributed by atoms with van der Waals surface area (Å²) < 4.78 is 5.86. The average Bonchev–Trinajstić information content (AvgIpc) is 2.80. The van der Waals surface area contributed by atoms with Gasteiger partial charge in [0.15, 0.2) is 0 Å². The summed E-state index contributed by atoms with van der Waals surface area (Å²) in [5, 5.41) is 18.2. The molecule has 1 aromatic carbocycles. The Hall–Kier alpha value is -3.31. The highest BCUT2D eigenvalue weighted by molar-refractivity contribution is 6.33. The number of carbonyl (C=O) groups is 2. The summed E-state index contributed by atoms with van der Waals surface area (Å²) in [4.78, 5) is 28.9. The number of rotatable bonds is 5. The lowest BCUT2D eigenvalue weighted by atomic mass is 9.85. The van der Waals surface area contributed by atoms with Gasteiger partial charge in [0.25, 0.3) is 0 Å². The normalized spacial score (nSPS) is 19.5. The van der Waals surface area contributed by atoms with Crippen molar-refractivity contribution in [1.82, 2.24) is 10.3 Å². The van der Waals surface area contributed by atoms with Crippen molar-refractivity contribution in [1.29, 1.82) is 5.26 Å². The summed E-state index contributed by atoms with van der Waals surface area (Å²) in [5.41, 5.74) is 2.46. The highest BCUT2D eigenvalue weighted by Crippen LogP contribution is 2.41. The fraction of sp³-hybridized carbons (Fsp3) is 0.391. The molecule has 2 unspecified atom stereocenters. The van der Waals surface area contributed by atoms with Gasteiger partial charge in [-0.15, -0.1) is 0 Å². The first-order chi connectivity index (χ1) is 15.5. The minimum absolute atomic E-state index is 0.102. The molecule has 1 aliphatic carbocycles. The van der Waals surface area contributed by atoms with Gasteiger partial charge in [0.1, 0.15) is 24.6 Å². The molecule has 0 radical (unpaired) electrons. The Bertz CT molecular complexity index is 1070. The molecular weight excluding hydrogens is 430 g/mol. The molecule has 8 nitrogen and oxygen atoms in total. The number of fused-ring (bicyclic) bond motifs is 1. The Morgan fingerprint density at radius 1 is 1.31 bits per heavy atom. The molecule has 32 heavy (non-hydrogen) atoms. The van der Waals surface area contributed by atoms with E-state index in [2.05, 4.69) is 20.9 Å². The molecule has 0 bridgehead atoms. The molecule has 2 atom stereocenters. The average molecular weight is 454 g/mol. The summed E-state index contributed by atoms with van der Waals surface area (Å²) in [5.74, 6) is 0.455. The molecule has 0 spiro atoms. The summed E-state index contributed by atoms with van der Waals surface area (Å²) in [6.45, 7) is 1.30. The molecule has 3 N–H and O–H groups in total. The van der Waals surface area contributed by atoms with E-state index in [1.54, 1.807) is 6.07 Å². The topological polar surface area (TPSA) is 116 Å². The third-order valence-corrected chi connectivity index (χ3v) is 6.03. The Balaban J connectivity index is 1.48. The van der Waals surface area contributed by atoms with Gasteiger partial charge in [-0.25, -0.2) is 4.98 Å². The van der Waals surface area contributed by atoms with Gasteiger partial charge >= 0.3 is 0 Å². The zero-order valence-corrected chi connectivity index (χ0v) is 18.2. The monoisotopic (exact) mass is 453 g/mol. The molecule has 1 aromatic heterocycles. The predicted molar refractivity (Wildman–Crippen MR) is 121 cm³/mol. The minimum Gasteiger partial charge on any atom is -0.489 e. The van der Waals surface area contributed by atoms with Gasteiger partial charge in [0.05, 0.1) is 16.8 Å². The third kappa shape index (κ3) is 4.94. The molecule has 2 aliphatic rings. The van der Waals surface area contributed by atoms with Crippen LogP contribution in [-0.4, -0.2) is 36.0 Å². The van der Waals surface area contributed by atoms with Gasteiger partial charge in [-0.3, -0.25) is 9.59 Å². The second-order valence-corrected chi connectivity index (χ2v) is 8.37. The largest absolute Gasteiger partial charge is 0.489 e. The second kappa shape index (κ2) is 9.88. The standard InChI is InChI=1S/C23H24ClN5O3/c24-18-13-27-20(12-17(18)16-5-2-6-19-22(16)32-10-9-26-19)29-23(31)14-3-1-4-15(11-14)28-21(30)7-8-25/h2,5-6,12-15,26H,1,3-4,7,9-11H2,(H,28,30)(H,27,29,31). The van der Waals surface area contributed by atoms with E-state index < -0.39 is 0 Å². The van der Waals surface area contributed by atoms with E-state index in [4.69, 9.17) is 21.6 Å². The van der Waals surface area contributed by atoms with Gasteiger partial charge in [0.2, 0.25) is 11.8 Å². The van der Waals surface area contributed by atoms with Crippen molar-refractivity contribution >= 4 is 34.9 Å². The van der Waals surface area contributed by atoms with Crippen molar-refractivity contribution in [2.75, 3.05) is 23.8 Å². The number of aromatic nitrogens is 1. The number of hydrogen-bond donors (Lipinski definition) is 3. The van der Waals surface area contributed by atoms with Crippen LogP contribution in [0.1, 0.15) is 32.1 Å². The van der Waals surface area contributed by atoms with Crippen LogP contribution in [0.15, 0.2) is 30.5 Å². The quantitative estimate of drug-likeness (QED) is 0.635. The molecule has 0 saturated heterocycles. The molecule has 166 valence electrons.